The van der Waals surface area contributed by atoms with Crippen molar-refractivity contribution in [3.63, 3.8) is 0 Å². The number of ether oxygens (including phenoxy) is 1. The molecule has 7 nitrogen and oxygen atoms in total. The van der Waals surface area contributed by atoms with Gasteiger partial charge < -0.3 is 9.64 Å². The molecule has 1 fully saturated rings. The van der Waals surface area contributed by atoms with Gasteiger partial charge in [0.25, 0.3) is 0 Å². The molecule has 130 valence electrons. The van der Waals surface area contributed by atoms with Crippen molar-refractivity contribution in [2.45, 2.75) is 19.4 Å². The normalized spacial score (nSPS) is 15.7. The van der Waals surface area contributed by atoms with E-state index < -0.39 is 0 Å². The lowest BCUT2D eigenvalue weighted by molar-refractivity contribution is 0.249. The van der Waals surface area contributed by atoms with Crippen LogP contribution >= 0.6 is 11.6 Å². The Morgan fingerprint density at radius 1 is 1.08 bits per heavy atom. The van der Waals surface area contributed by atoms with Gasteiger partial charge in [-0.15, -0.1) is 0 Å². The maximum Gasteiger partial charge on any atom is 0.225 e. The highest BCUT2D eigenvalue weighted by Gasteiger charge is 2.18. The van der Waals surface area contributed by atoms with Crippen molar-refractivity contribution in [3.05, 3.63) is 29.8 Å². The summed E-state index contributed by atoms with van der Waals surface area (Å²) in [6.45, 7) is 6.04. The highest BCUT2D eigenvalue weighted by atomic mass is 35.5. The Morgan fingerprint density at radius 3 is 2.46 bits per heavy atom. The van der Waals surface area contributed by atoms with Crippen molar-refractivity contribution in [1.29, 1.82) is 0 Å². The molecule has 0 N–H and O–H groups in total. The van der Waals surface area contributed by atoms with Crippen molar-refractivity contribution in [2.24, 2.45) is 0 Å². The maximum atomic E-state index is 5.96. The van der Waals surface area contributed by atoms with Crippen LogP contribution in [0.25, 0.3) is 0 Å². The Balaban J connectivity index is 1.35. The summed E-state index contributed by atoms with van der Waals surface area (Å²) < 4.78 is 6.99. The van der Waals surface area contributed by atoms with E-state index >= 15 is 0 Å². The second-order valence-corrected chi connectivity index (χ2v) is 6.19. The standard InChI is InChI=1S/C16H23ClN6O/c1-24-14-13-23(20-15(14)17)8-3-2-7-21-9-11-22(12-10-21)16-18-5-4-6-19-16/h4-6,13H,2-3,7-12H2,1H3. The molecule has 0 radical (unpaired) electrons. The number of aromatic nitrogens is 4. The summed E-state index contributed by atoms with van der Waals surface area (Å²) >= 11 is 5.96. The van der Waals surface area contributed by atoms with Gasteiger partial charge in [-0.05, 0) is 25.5 Å². The van der Waals surface area contributed by atoms with E-state index in [0.717, 1.165) is 58.1 Å². The van der Waals surface area contributed by atoms with Crippen LogP contribution in [0.15, 0.2) is 24.7 Å². The van der Waals surface area contributed by atoms with E-state index in [1.54, 1.807) is 19.5 Å². The molecule has 1 saturated heterocycles. The third-order valence-electron chi connectivity index (χ3n) is 4.22. The van der Waals surface area contributed by atoms with Crippen LogP contribution in [0.5, 0.6) is 5.75 Å². The van der Waals surface area contributed by atoms with E-state index in [1.807, 2.05) is 16.9 Å². The molecule has 2 aromatic rings. The predicted octanol–water partition coefficient (Wildman–Crippen LogP) is 1.94. The summed E-state index contributed by atoms with van der Waals surface area (Å²) in [6, 6.07) is 1.85. The molecule has 0 unspecified atom stereocenters. The third kappa shape index (κ3) is 4.36. The van der Waals surface area contributed by atoms with Gasteiger partial charge in [-0.25, -0.2) is 9.97 Å². The Hall–Kier alpha value is -1.86. The maximum absolute atomic E-state index is 5.96. The van der Waals surface area contributed by atoms with Gasteiger partial charge in [-0.2, -0.15) is 5.10 Å². The first kappa shape index (κ1) is 17.0. The molecule has 0 atom stereocenters. The van der Waals surface area contributed by atoms with E-state index in [4.69, 9.17) is 16.3 Å². The third-order valence-corrected chi connectivity index (χ3v) is 4.49. The van der Waals surface area contributed by atoms with E-state index in [-0.39, 0.29) is 0 Å². The smallest absolute Gasteiger partial charge is 0.225 e. The molecular formula is C16H23ClN6O. The lowest BCUT2D eigenvalue weighted by Gasteiger charge is -2.34. The van der Waals surface area contributed by atoms with Crippen molar-refractivity contribution in [3.8, 4) is 5.75 Å². The van der Waals surface area contributed by atoms with E-state index in [0.29, 0.717) is 10.9 Å². The summed E-state index contributed by atoms with van der Waals surface area (Å²) in [5, 5.41) is 4.66. The lowest BCUT2D eigenvalue weighted by atomic mass is 10.2. The lowest BCUT2D eigenvalue weighted by Crippen LogP contribution is -2.47. The fourth-order valence-electron chi connectivity index (χ4n) is 2.87. The summed E-state index contributed by atoms with van der Waals surface area (Å²) in [6.07, 6.45) is 7.66. The molecular weight excluding hydrogens is 328 g/mol. The van der Waals surface area contributed by atoms with Crippen molar-refractivity contribution in [2.75, 3.05) is 44.7 Å². The molecule has 0 spiro atoms. The Morgan fingerprint density at radius 2 is 1.79 bits per heavy atom. The highest BCUT2D eigenvalue weighted by Crippen LogP contribution is 2.21. The number of nitrogens with zero attached hydrogens (tertiary/aromatic N) is 6. The van der Waals surface area contributed by atoms with Gasteiger partial charge in [0.05, 0.1) is 13.3 Å². The summed E-state index contributed by atoms with van der Waals surface area (Å²) in [7, 11) is 1.60. The highest BCUT2D eigenvalue weighted by molar-refractivity contribution is 6.30. The molecule has 2 aromatic heterocycles. The largest absolute Gasteiger partial charge is 0.492 e. The number of hydrogen-bond acceptors (Lipinski definition) is 6. The first-order valence-electron chi connectivity index (χ1n) is 8.27. The first-order chi connectivity index (χ1) is 11.8. The molecule has 1 aliphatic rings. The Bertz CT molecular complexity index is 627. The summed E-state index contributed by atoms with van der Waals surface area (Å²) in [5.41, 5.74) is 0. The number of hydrogen-bond donors (Lipinski definition) is 0. The quantitative estimate of drug-likeness (QED) is 0.711. The molecule has 1 aliphatic heterocycles. The number of halogens is 1. The molecule has 0 aromatic carbocycles. The van der Waals surface area contributed by atoms with Crippen LogP contribution in [0.1, 0.15) is 12.8 Å². The zero-order valence-electron chi connectivity index (χ0n) is 13.9. The second kappa shape index (κ2) is 8.30. The second-order valence-electron chi connectivity index (χ2n) is 5.84. The van der Waals surface area contributed by atoms with E-state index in [2.05, 4.69) is 24.9 Å². The average Bonchev–Trinajstić information content (AvgIpc) is 3.00. The molecule has 0 bridgehead atoms. The van der Waals surface area contributed by atoms with Crippen molar-refractivity contribution < 1.29 is 4.74 Å². The van der Waals surface area contributed by atoms with Crippen LogP contribution in [-0.4, -0.2) is 64.5 Å². The number of anilines is 1. The number of unbranched alkanes of at least 4 members (excludes halogenated alkanes) is 1. The fourth-order valence-corrected chi connectivity index (χ4v) is 3.09. The topological polar surface area (TPSA) is 59.3 Å². The van der Waals surface area contributed by atoms with Crippen molar-refractivity contribution >= 4 is 17.5 Å². The van der Waals surface area contributed by atoms with Gasteiger partial charge in [0, 0.05) is 45.1 Å². The van der Waals surface area contributed by atoms with Crippen LogP contribution < -0.4 is 9.64 Å². The molecule has 24 heavy (non-hydrogen) atoms. The molecule has 8 heteroatoms. The van der Waals surface area contributed by atoms with Crippen LogP contribution in [0.4, 0.5) is 5.95 Å². The number of aryl methyl sites for hydroxylation is 1. The minimum atomic E-state index is 0.428. The van der Waals surface area contributed by atoms with Crippen molar-refractivity contribution in [1.82, 2.24) is 24.6 Å². The monoisotopic (exact) mass is 350 g/mol. The van der Waals surface area contributed by atoms with E-state index in [9.17, 15) is 0 Å². The molecule has 0 amide bonds. The van der Waals surface area contributed by atoms with Gasteiger partial charge in [0.2, 0.25) is 5.95 Å². The number of methoxy groups -OCH3 is 1. The predicted molar refractivity (Wildman–Crippen MR) is 93.7 cm³/mol. The van der Waals surface area contributed by atoms with Gasteiger partial charge >= 0.3 is 0 Å². The average molecular weight is 351 g/mol. The molecule has 3 rings (SSSR count). The molecule has 0 aliphatic carbocycles. The zero-order chi connectivity index (χ0) is 16.8. The first-order valence-corrected chi connectivity index (χ1v) is 8.65. The summed E-state index contributed by atoms with van der Waals surface area (Å²) in [4.78, 5) is 13.4. The molecule has 0 saturated carbocycles. The Labute approximate surface area is 147 Å². The minimum Gasteiger partial charge on any atom is -0.492 e. The Kier molecular flexibility index (Phi) is 5.87. The summed E-state index contributed by atoms with van der Waals surface area (Å²) in [5.74, 6) is 1.47. The molecule has 3 heterocycles. The fraction of sp³-hybridized carbons (Fsp3) is 0.562. The van der Waals surface area contributed by atoms with Gasteiger partial charge in [-0.1, -0.05) is 11.6 Å². The SMILES string of the molecule is COc1cn(CCCCN2CCN(c3ncccn3)CC2)nc1Cl. The zero-order valence-corrected chi connectivity index (χ0v) is 14.7. The van der Waals surface area contributed by atoms with Gasteiger partial charge in [0.1, 0.15) is 0 Å². The number of rotatable bonds is 7. The van der Waals surface area contributed by atoms with Crippen LogP contribution in [0.3, 0.4) is 0 Å². The minimum absolute atomic E-state index is 0.428. The van der Waals surface area contributed by atoms with Crippen LogP contribution in [0.2, 0.25) is 5.15 Å². The van der Waals surface area contributed by atoms with Crippen LogP contribution in [0, 0.1) is 0 Å². The van der Waals surface area contributed by atoms with Gasteiger partial charge in [-0.3, -0.25) is 9.58 Å². The van der Waals surface area contributed by atoms with Crippen LogP contribution in [-0.2, 0) is 6.54 Å². The van der Waals surface area contributed by atoms with Gasteiger partial charge in [0.15, 0.2) is 10.9 Å². The number of piperazine rings is 1. The van der Waals surface area contributed by atoms with E-state index in [1.165, 1.54) is 0 Å².